The SMILES string of the molecule is Nc1ccc(=O)n(CC(=O)N2CCCC2c2ccc[nH]2)c1. The van der Waals surface area contributed by atoms with E-state index >= 15 is 0 Å². The van der Waals surface area contributed by atoms with Crippen LogP contribution in [0, 0.1) is 0 Å². The van der Waals surface area contributed by atoms with Gasteiger partial charge in [-0.3, -0.25) is 9.59 Å². The van der Waals surface area contributed by atoms with Crippen LogP contribution in [0.25, 0.3) is 0 Å². The van der Waals surface area contributed by atoms with Crippen molar-refractivity contribution in [2.24, 2.45) is 0 Å². The quantitative estimate of drug-likeness (QED) is 0.887. The van der Waals surface area contributed by atoms with Gasteiger partial charge in [-0.25, -0.2) is 0 Å². The van der Waals surface area contributed by atoms with Gasteiger partial charge in [-0.2, -0.15) is 0 Å². The minimum absolute atomic E-state index is 0.0289. The van der Waals surface area contributed by atoms with Gasteiger partial charge in [-0.1, -0.05) is 0 Å². The van der Waals surface area contributed by atoms with Gasteiger partial charge in [0.05, 0.1) is 6.04 Å². The van der Waals surface area contributed by atoms with E-state index in [1.807, 2.05) is 23.2 Å². The number of carbonyl (C=O) groups is 1. The molecule has 1 aliphatic heterocycles. The normalized spacial score (nSPS) is 18.1. The van der Waals surface area contributed by atoms with Gasteiger partial charge in [-0.05, 0) is 31.0 Å². The van der Waals surface area contributed by atoms with Crippen LogP contribution >= 0.6 is 0 Å². The van der Waals surface area contributed by atoms with Crippen molar-refractivity contribution < 1.29 is 4.79 Å². The molecule has 6 nitrogen and oxygen atoms in total. The Balaban J connectivity index is 1.78. The molecule has 2 aromatic heterocycles. The van der Waals surface area contributed by atoms with Crippen LogP contribution in [0.1, 0.15) is 24.6 Å². The molecule has 0 aromatic carbocycles. The smallest absolute Gasteiger partial charge is 0.251 e. The minimum atomic E-state index is -0.215. The van der Waals surface area contributed by atoms with Crippen molar-refractivity contribution >= 4 is 11.6 Å². The topological polar surface area (TPSA) is 84.1 Å². The van der Waals surface area contributed by atoms with E-state index in [-0.39, 0.29) is 24.1 Å². The average Bonchev–Trinajstić information content (AvgIpc) is 3.12. The summed E-state index contributed by atoms with van der Waals surface area (Å²) in [6, 6.07) is 6.92. The molecule has 3 rings (SSSR count). The first-order chi connectivity index (χ1) is 10.1. The largest absolute Gasteiger partial charge is 0.398 e. The maximum absolute atomic E-state index is 12.5. The molecule has 21 heavy (non-hydrogen) atoms. The van der Waals surface area contributed by atoms with Crippen LogP contribution in [-0.4, -0.2) is 26.9 Å². The number of likely N-dealkylation sites (tertiary alicyclic amines) is 1. The fraction of sp³-hybridized carbons (Fsp3) is 0.333. The summed E-state index contributed by atoms with van der Waals surface area (Å²) in [5.74, 6) is -0.0557. The maximum atomic E-state index is 12.5. The summed E-state index contributed by atoms with van der Waals surface area (Å²) in [6.07, 6.45) is 5.29. The predicted molar refractivity (Wildman–Crippen MR) is 79.6 cm³/mol. The number of nitrogens with zero attached hydrogens (tertiary/aromatic N) is 2. The number of pyridine rings is 1. The van der Waals surface area contributed by atoms with E-state index < -0.39 is 0 Å². The molecule has 3 heterocycles. The molecule has 0 aliphatic carbocycles. The van der Waals surface area contributed by atoms with Gasteiger partial charge in [0.25, 0.3) is 5.56 Å². The lowest BCUT2D eigenvalue weighted by atomic mass is 10.1. The van der Waals surface area contributed by atoms with Crippen LogP contribution in [0.15, 0.2) is 41.5 Å². The zero-order chi connectivity index (χ0) is 14.8. The maximum Gasteiger partial charge on any atom is 0.251 e. The molecule has 110 valence electrons. The van der Waals surface area contributed by atoms with Gasteiger partial charge >= 0.3 is 0 Å². The first-order valence-corrected chi connectivity index (χ1v) is 7.04. The number of amides is 1. The summed E-state index contributed by atoms with van der Waals surface area (Å²) in [5.41, 5.74) is 6.98. The van der Waals surface area contributed by atoms with Gasteiger partial charge in [0.15, 0.2) is 0 Å². The highest BCUT2D eigenvalue weighted by Gasteiger charge is 2.30. The first-order valence-electron chi connectivity index (χ1n) is 7.04. The summed E-state index contributed by atoms with van der Waals surface area (Å²) in [6.45, 7) is 0.751. The Kier molecular flexibility index (Phi) is 3.51. The Morgan fingerprint density at radius 1 is 1.38 bits per heavy atom. The molecule has 0 radical (unpaired) electrons. The Bertz CT molecular complexity index is 690. The van der Waals surface area contributed by atoms with E-state index in [1.165, 1.54) is 16.8 Å². The van der Waals surface area contributed by atoms with Crippen LogP contribution in [0.3, 0.4) is 0 Å². The second-order valence-electron chi connectivity index (χ2n) is 5.30. The Morgan fingerprint density at radius 2 is 2.24 bits per heavy atom. The predicted octanol–water partition coefficient (Wildman–Crippen LogP) is 1.12. The molecule has 6 heteroatoms. The lowest BCUT2D eigenvalue weighted by molar-refractivity contribution is -0.132. The standard InChI is InChI=1S/C15H18N4O2/c16-11-5-6-14(20)18(9-11)10-15(21)19-8-2-4-13(19)12-3-1-7-17-12/h1,3,5-7,9,13,17H,2,4,8,10,16H2. The molecule has 0 bridgehead atoms. The number of aromatic amines is 1. The van der Waals surface area contributed by atoms with E-state index in [2.05, 4.69) is 4.98 Å². The number of nitrogen functional groups attached to an aromatic ring is 1. The van der Waals surface area contributed by atoms with Gasteiger partial charge in [0, 0.05) is 36.4 Å². The monoisotopic (exact) mass is 286 g/mol. The molecule has 3 N–H and O–H groups in total. The molecule has 1 saturated heterocycles. The highest BCUT2D eigenvalue weighted by molar-refractivity contribution is 5.77. The summed E-state index contributed by atoms with van der Waals surface area (Å²) < 4.78 is 1.36. The highest BCUT2D eigenvalue weighted by Crippen LogP contribution is 2.30. The third-order valence-electron chi connectivity index (χ3n) is 3.87. The fourth-order valence-electron chi connectivity index (χ4n) is 2.85. The highest BCUT2D eigenvalue weighted by atomic mass is 16.2. The number of carbonyl (C=O) groups excluding carboxylic acids is 1. The molecular weight excluding hydrogens is 268 g/mol. The number of aromatic nitrogens is 2. The molecule has 2 aromatic rings. The second-order valence-corrected chi connectivity index (χ2v) is 5.30. The van der Waals surface area contributed by atoms with Crippen molar-refractivity contribution in [1.82, 2.24) is 14.5 Å². The van der Waals surface area contributed by atoms with E-state index in [0.29, 0.717) is 5.69 Å². The van der Waals surface area contributed by atoms with Crippen LogP contribution in [-0.2, 0) is 11.3 Å². The van der Waals surface area contributed by atoms with E-state index in [0.717, 1.165) is 25.1 Å². The van der Waals surface area contributed by atoms with Crippen LogP contribution < -0.4 is 11.3 Å². The second kappa shape index (κ2) is 5.47. The number of rotatable bonds is 3. The summed E-state index contributed by atoms with van der Waals surface area (Å²) in [4.78, 5) is 29.3. The Hall–Kier alpha value is -2.50. The zero-order valence-corrected chi connectivity index (χ0v) is 11.7. The Morgan fingerprint density at radius 3 is 3.00 bits per heavy atom. The van der Waals surface area contributed by atoms with Gasteiger partial charge in [0.2, 0.25) is 5.91 Å². The van der Waals surface area contributed by atoms with E-state index in [1.54, 1.807) is 6.07 Å². The van der Waals surface area contributed by atoms with Crippen molar-refractivity contribution in [3.63, 3.8) is 0 Å². The Labute approximate surface area is 122 Å². The molecule has 1 fully saturated rings. The first kappa shape index (κ1) is 13.5. The molecule has 1 atom stereocenters. The van der Waals surface area contributed by atoms with E-state index in [4.69, 9.17) is 5.73 Å². The van der Waals surface area contributed by atoms with Crippen molar-refractivity contribution in [1.29, 1.82) is 0 Å². The molecular formula is C15H18N4O2. The summed E-state index contributed by atoms with van der Waals surface area (Å²) >= 11 is 0. The molecule has 1 aliphatic rings. The molecule has 0 spiro atoms. The minimum Gasteiger partial charge on any atom is -0.398 e. The average molecular weight is 286 g/mol. The van der Waals surface area contributed by atoms with Crippen molar-refractivity contribution in [2.45, 2.75) is 25.4 Å². The van der Waals surface area contributed by atoms with Crippen LogP contribution in [0.5, 0.6) is 0 Å². The lowest BCUT2D eigenvalue weighted by Crippen LogP contribution is -2.36. The number of hydrogen-bond acceptors (Lipinski definition) is 3. The third-order valence-corrected chi connectivity index (χ3v) is 3.87. The van der Waals surface area contributed by atoms with Gasteiger partial charge in [-0.15, -0.1) is 0 Å². The van der Waals surface area contributed by atoms with Crippen molar-refractivity contribution in [2.75, 3.05) is 12.3 Å². The van der Waals surface area contributed by atoms with Gasteiger partial charge in [0.1, 0.15) is 6.54 Å². The third kappa shape index (κ3) is 2.69. The number of nitrogens with one attached hydrogen (secondary N) is 1. The molecule has 0 saturated carbocycles. The summed E-state index contributed by atoms with van der Waals surface area (Å²) in [7, 11) is 0. The van der Waals surface area contributed by atoms with Crippen LogP contribution in [0.2, 0.25) is 0 Å². The van der Waals surface area contributed by atoms with Crippen LogP contribution in [0.4, 0.5) is 5.69 Å². The number of H-pyrrole nitrogens is 1. The number of hydrogen-bond donors (Lipinski definition) is 2. The van der Waals surface area contributed by atoms with Crippen molar-refractivity contribution in [3.8, 4) is 0 Å². The van der Waals surface area contributed by atoms with Crippen molar-refractivity contribution in [3.05, 3.63) is 52.7 Å². The molecule has 1 amide bonds. The zero-order valence-electron chi connectivity index (χ0n) is 11.7. The van der Waals surface area contributed by atoms with Gasteiger partial charge < -0.3 is 20.2 Å². The fourth-order valence-corrected chi connectivity index (χ4v) is 2.85. The molecule has 1 unspecified atom stereocenters. The lowest BCUT2D eigenvalue weighted by Gasteiger charge is -2.24. The number of anilines is 1. The summed E-state index contributed by atoms with van der Waals surface area (Å²) in [5, 5.41) is 0. The number of nitrogens with two attached hydrogens (primary N) is 1. The van der Waals surface area contributed by atoms with E-state index in [9.17, 15) is 9.59 Å².